The second-order valence-electron chi connectivity index (χ2n) is 7.15. The van der Waals surface area contributed by atoms with Gasteiger partial charge in [-0.1, -0.05) is 18.2 Å². The fourth-order valence-corrected chi connectivity index (χ4v) is 2.41. The lowest BCUT2D eigenvalue weighted by Gasteiger charge is -2.19. The van der Waals surface area contributed by atoms with E-state index in [-0.39, 0.29) is 24.0 Å². The molecule has 2 aromatic rings. The van der Waals surface area contributed by atoms with E-state index in [9.17, 15) is 4.79 Å². The maximum Gasteiger partial charge on any atom is 0.407 e. The summed E-state index contributed by atoms with van der Waals surface area (Å²) in [6.45, 7) is 9.98. The minimum absolute atomic E-state index is 0. The number of rotatable bonds is 7. The summed E-state index contributed by atoms with van der Waals surface area (Å²) in [6.07, 6.45) is 0.363. The van der Waals surface area contributed by atoms with Gasteiger partial charge in [-0.25, -0.2) is 9.79 Å². The van der Waals surface area contributed by atoms with Crippen molar-refractivity contribution in [3.05, 3.63) is 36.1 Å². The van der Waals surface area contributed by atoms with Crippen molar-refractivity contribution in [2.75, 3.05) is 19.6 Å². The fraction of sp³-hybridized carbons (Fsp3) is 0.500. The van der Waals surface area contributed by atoms with Gasteiger partial charge in [-0.15, -0.1) is 24.0 Å². The van der Waals surface area contributed by atoms with Gasteiger partial charge in [0.15, 0.2) is 5.96 Å². The molecule has 0 fully saturated rings. The summed E-state index contributed by atoms with van der Waals surface area (Å²) < 4.78 is 11.0. The van der Waals surface area contributed by atoms with Crippen molar-refractivity contribution in [2.24, 2.45) is 4.99 Å². The normalized spacial score (nSPS) is 11.6. The van der Waals surface area contributed by atoms with E-state index in [2.05, 4.69) is 20.9 Å². The number of carbonyl (C=O) groups excluding carboxylic acids is 1. The van der Waals surface area contributed by atoms with E-state index in [4.69, 9.17) is 9.15 Å². The quantitative estimate of drug-likeness (QED) is 0.231. The summed E-state index contributed by atoms with van der Waals surface area (Å²) in [4.78, 5) is 16.1. The SMILES string of the molecule is CCNC(=NCc1cc2ccccc2o1)NCCCNC(=O)OC(C)(C)C.I. The second kappa shape index (κ2) is 11.8. The molecular formula is C20H31IN4O3. The molecule has 1 amide bonds. The van der Waals surface area contributed by atoms with Crippen LogP contribution in [-0.2, 0) is 11.3 Å². The average molecular weight is 502 g/mol. The van der Waals surface area contributed by atoms with E-state index in [1.165, 1.54) is 0 Å². The average Bonchev–Trinajstić information content (AvgIpc) is 3.00. The molecule has 1 aromatic carbocycles. The van der Waals surface area contributed by atoms with E-state index >= 15 is 0 Å². The lowest BCUT2D eigenvalue weighted by atomic mass is 10.2. The number of nitrogens with one attached hydrogen (secondary N) is 3. The molecule has 0 aliphatic rings. The summed E-state index contributed by atoms with van der Waals surface area (Å²) in [5.74, 6) is 1.54. The Morgan fingerprint density at radius 3 is 2.54 bits per heavy atom. The van der Waals surface area contributed by atoms with Crippen molar-refractivity contribution < 1.29 is 13.9 Å². The van der Waals surface area contributed by atoms with Crippen molar-refractivity contribution in [1.82, 2.24) is 16.0 Å². The Labute approximate surface area is 183 Å². The highest BCUT2D eigenvalue weighted by Gasteiger charge is 2.15. The number of para-hydroxylation sites is 1. The number of ether oxygens (including phenoxy) is 1. The first kappa shape index (κ1) is 24.1. The molecule has 1 aromatic heterocycles. The third kappa shape index (κ3) is 8.81. The standard InChI is InChI=1S/C20H30N4O3.HI/c1-5-21-18(22-11-8-12-23-19(25)27-20(2,3)4)24-14-16-13-15-9-6-7-10-17(15)26-16;/h6-7,9-10,13H,5,8,11-12,14H2,1-4H3,(H,23,25)(H2,21,22,24);1H. The number of guanidine groups is 1. The minimum Gasteiger partial charge on any atom is -0.459 e. The number of fused-ring (bicyclic) bond motifs is 1. The zero-order valence-corrected chi connectivity index (χ0v) is 19.3. The van der Waals surface area contributed by atoms with Crippen molar-refractivity contribution in [3.63, 3.8) is 0 Å². The fourth-order valence-electron chi connectivity index (χ4n) is 2.41. The van der Waals surface area contributed by atoms with Gasteiger partial charge >= 0.3 is 6.09 Å². The van der Waals surface area contributed by atoms with E-state index < -0.39 is 11.7 Å². The van der Waals surface area contributed by atoms with Crippen LogP contribution in [-0.4, -0.2) is 37.3 Å². The Morgan fingerprint density at radius 1 is 1.14 bits per heavy atom. The van der Waals surface area contributed by atoms with E-state index in [0.29, 0.717) is 19.6 Å². The number of alkyl carbamates (subject to hydrolysis) is 1. The zero-order valence-electron chi connectivity index (χ0n) is 17.0. The van der Waals surface area contributed by atoms with Crippen molar-refractivity contribution >= 4 is 47.0 Å². The summed E-state index contributed by atoms with van der Waals surface area (Å²) in [6, 6.07) is 9.92. The maximum absolute atomic E-state index is 11.6. The van der Waals surface area contributed by atoms with Crippen LogP contribution in [0.4, 0.5) is 4.79 Å². The number of carbonyl (C=O) groups is 1. The zero-order chi connectivity index (χ0) is 19.7. The van der Waals surface area contributed by atoms with Crippen LogP contribution in [0.3, 0.4) is 0 Å². The maximum atomic E-state index is 11.6. The van der Waals surface area contributed by atoms with Crippen LogP contribution in [0.25, 0.3) is 11.0 Å². The molecule has 0 saturated heterocycles. The van der Waals surface area contributed by atoms with Gasteiger partial charge in [-0.05, 0) is 46.2 Å². The number of amides is 1. The molecule has 8 heteroatoms. The molecule has 0 unspecified atom stereocenters. The van der Waals surface area contributed by atoms with Crippen LogP contribution in [0.1, 0.15) is 39.9 Å². The number of aliphatic imine (C=N–C) groups is 1. The van der Waals surface area contributed by atoms with Gasteiger partial charge in [0.2, 0.25) is 0 Å². The number of nitrogens with zero attached hydrogens (tertiary/aromatic N) is 1. The molecule has 0 atom stereocenters. The molecule has 0 bridgehead atoms. The lowest BCUT2D eigenvalue weighted by molar-refractivity contribution is 0.0527. The van der Waals surface area contributed by atoms with Crippen molar-refractivity contribution in [2.45, 2.75) is 46.3 Å². The summed E-state index contributed by atoms with van der Waals surface area (Å²) in [5, 5.41) is 10.3. The number of halogens is 1. The second-order valence-corrected chi connectivity index (χ2v) is 7.15. The molecule has 0 saturated carbocycles. The van der Waals surface area contributed by atoms with Gasteiger partial charge in [0, 0.05) is 25.0 Å². The highest BCUT2D eigenvalue weighted by molar-refractivity contribution is 14.0. The molecule has 7 nitrogen and oxygen atoms in total. The predicted octanol–water partition coefficient (Wildman–Crippen LogP) is 4.02. The Bertz CT molecular complexity index is 735. The molecule has 0 radical (unpaired) electrons. The first-order valence-electron chi connectivity index (χ1n) is 9.34. The predicted molar refractivity (Wildman–Crippen MR) is 123 cm³/mol. The molecule has 3 N–H and O–H groups in total. The van der Waals surface area contributed by atoms with Crippen LogP contribution in [0.5, 0.6) is 0 Å². The monoisotopic (exact) mass is 502 g/mol. The number of benzene rings is 1. The highest BCUT2D eigenvalue weighted by Crippen LogP contribution is 2.19. The minimum atomic E-state index is -0.482. The third-order valence-electron chi connectivity index (χ3n) is 3.53. The van der Waals surface area contributed by atoms with Gasteiger partial charge in [-0.2, -0.15) is 0 Å². The first-order valence-corrected chi connectivity index (χ1v) is 9.34. The topological polar surface area (TPSA) is 87.9 Å². The van der Waals surface area contributed by atoms with Crippen LogP contribution >= 0.6 is 24.0 Å². The third-order valence-corrected chi connectivity index (χ3v) is 3.53. The van der Waals surface area contributed by atoms with E-state index in [1.54, 1.807) is 0 Å². The van der Waals surface area contributed by atoms with Gasteiger partial charge in [-0.3, -0.25) is 0 Å². The smallest absolute Gasteiger partial charge is 0.407 e. The van der Waals surface area contributed by atoms with E-state index in [0.717, 1.165) is 35.7 Å². The van der Waals surface area contributed by atoms with Crippen LogP contribution in [0.2, 0.25) is 0 Å². The van der Waals surface area contributed by atoms with Crippen LogP contribution in [0, 0.1) is 0 Å². The van der Waals surface area contributed by atoms with Crippen LogP contribution < -0.4 is 16.0 Å². The Balaban J connectivity index is 0.00000392. The largest absolute Gasteiger partial charge is 0.459 e. The van der Waals surface area contributed by atoms with Gasteiger partial charge in [0.05, 0.1) is 0 Å². The molecule has 0 spiro atoms. The van der Waals surface area contributed by atoms with Gasteiger partial charge < -0.3 is 25.1 Å². The molecule has 0 aliphatic carbocycles. The molecule has 156 valence electrons. The number of hydrogen-bond acceptors (Lipinski definition) is 4. The summed E-state index contributed by atoms with van der Waals surface area (Å²) in [7, 11) is 0. The first-order chi connectivity index (χ1) is 12.9. The highest BCUT2D eigenvalue weighted by atomic mass is 127. The molecular weight excluding hydrogens is 471 g/mol. The Hall–Kier alpha value is -1.97. The van der Waals surface area contributed by atoms with Crippen LogP contribution in [0.15, 0.2) is 39.7 Å². The summed E-state index contributed by atoms with van der Waals surface area (Å²) >= 11 is 0. The van der Waals surface area contributed by atoms with Gasteiger partial charge in [0.1, 0.15) is 23.5 Å². The van der Waals surface area contributed by atoms with Gasteiger partial charge in [0.25, 0.3) is 0 Å². The molecule has 0 aliphatic heterocycles. The number of hydrogen-bond donors (Lipinski definition) is 3. The van der Waals surface area contributed by atoms with Crippen molar-refractivity contribution in [1.29, 1.82) is 0 Å². The Morgan fingerprint density at radius 2 is 1.86 bits per heavy atom. The molecule has 1 heterocycles. The molecule has 28 heavy (non-hydrogen) atoms. The van der Waals surface area contributed by atoms with E-state index in [1.807, 2.05) is 58.0 Å². The lowest BCUT2D eigenvalue weighted by Crippen LogP contribution is -2.39. The number of furan rings is 1. The Kier molecular flexibility index (Phi) is 10.1. The molecule has 2 rings (SSSR count). The summed E-state index contributed by atoms with van der Waals surface area (Å²) in [5.41, 5.74) is 0.387. The van der Waals surface area contributed by atoms with Crippen molar-refractivity contribution in [3.8, 4) is 0 Å².